The van der Waals surface area contributed by atoms with Crippen molar-refractivity contribution in [2.24, 2.45) is 0 Å². The molecular formula is C12H14BrN. The maximum Gasteiger partial charge on any atom is 0.0354 e. The predicted molar refractivity (Wildman–Crippen MR) is 61.4 cm³/mol. The Morgan fingerprint density at radius 1 is 1.29 bits per heavy atom. The predicted octanol–water partition coefficient (Wildman–Crippen LogP) is 3.14. The molecule has 1 nitrogen and oxygen atoms in total. The first-order chi connectivity index (χ1) is 6.84. The molecule has 0 saturated carbocycles. The third kappa shape index (κ3) is 1.32. The summed E-state index contributed by atoms with van der Waals surface area (Å²) in [5.41, 5.74) is 3.13. The molecule has 1 aliphatic carbocycles. The van der Waals surface area contributed by atoms with Crippen LogP contribution in [0.3, 0.4) is 0 Å². The molecule has 0 radical (unpaired) electrons. The Kier molecular flexibility index (Phi) is 2.14. The minimum absolute atomic E-state index is 0.719. The average Bonchev–Trinajstić information content (AvgIpc) is 2.46. The highest BCUT2D eigenvalue weighted by Crippen LogP contribution is 2.38. The van der Waals surface area contributed by atoms with Crippen LogP contribution in [-0.4, -0.2) is 18.0 Å². The van der Waals surface area contributed by atoms with E-state index in [4.69, 9.17) is 0 Å². The topological polar surface area (TPSA) is 3.24 Å². The SMILES string of the molecule is Brc1ccc2c(c1)C(N1CCC1)CC2. The number of hydrogen-bond acceptors (Lipinski definition) is 1. The van der Waals surface area contributed by atoms with Crippen LogP contribution in [0, 0.1) is 0 Å². The molecule has 14 heavy (non-hydrogen) atoms. The first-order valence-electron chi connectivity index (χ1n) is 5.37. The molecule has 1 aromatic rings. The van der Waals surface area contributed by atoms with E-state index in [1.165, 1.54) is 36.8 Å². The third-order valence-electron chi connectivity index (χ3n) is 3.49. The number of hydrogen-bond donors (Lipinski definition) is 0. The van der Waals surface area contributed by atoms with Crippen molar-refractivity contribution in [2.45, 2.75) is 25.3 Å². The Hall–Kier alpha value is -0.340. The van der Waals surface area contributed by atoms with Crippen LogP contribution in [0.1, 0.15) is 30.0 Å². The molecule has 2 heteroatoms. The standard InChI is InChI=1S/C12H14BrN/c13-10-4-2-9-3-5-12(11(9)8-10)14-6-1-7-14/h2,4,8,12H,1,3,5-7H2. The van der Waals surface area contributed by atoms with Gasteiger partial charge in [0, 0.05) is 10.5 Å². The van der Waals surface area contributed by atoms with Gasteiger partial charge in [0.05, 0.1) is 0 Å². The number of nitrogens with zero attached hydrogens (tertiary/aromatic N) is 1. The molecule has 2 aliphatic rings. The zero-order valence-corrected chi connectivity index (χ0v) is 9.76. The van der Waals surface area contributed by atoms with E-state index >= 15 is 0 Å². The normalized spacial score (nSPS) is 25.9. The maximum absolute atomic E-state index is 3.56. The quantitative estimate of drug-likeness (QED) is 0.742. The van der Waals surface area contributed by atoms with E-state index in [1.54, 1.807) is 11.1 Å². The number of likely N-dealkylation sites (tertiary alicyclic amines) is 1. The van der Waals surface area contributed by atoms with Gasteiger partial charge in [-0.05, 0) is 55.6 Å². The summed E-state index contributed by atoms with van der Waals surface area (Å²) in [5, 5.41) is 0. The first kappa shape index (κ1) is 8.93. The molecule has 0 spiro atoms. The van der Waals surface area contributed by atoms with Gasteiger partial charge in [-0.15, -0.1) is 0 Å². The van der Waals surface area contributed by atoms with E-state index < -0.39 is 0 Å². The fraction of sp³-hybridized carbons (Fsp3) is 0.500. The van der Waals surface area contributed by atoms with Gasteiger partial charge < -0.3 is 0 Å². The number of benzene rings is 1. The summed E-state index contributed by atoms with van der Waals surface area (Å²) in [6.07, 6.45) is 3.98. The Morgan fingerprint density at radius 3 is 2.86 bits per heavy atom. The van der Waals surface area contributed by atoms with Crippen LogP contribution in [0.2, 0.25) is 0 Å². The number of aryl methyl sites for hydroxylation is 1. The molecule has 3 rings (SSSR count). The molecule has 0 N–H and O–H groups in total. The van der Waals surface area contributed by atoms with E-state index in [0.29, 0.717) is 0 Å². The van der Waals surface area contributed by atoms with E-state index in [2.05, 4.69) is 39.0 Å². The van der Waals surface area contributed by atoms with Gasteiger partial charge >= 0.3 is 0 Å². The van der Waals surface area contributed by atoms with Crippen LogP contribution in [0.25, 0.3) is 0 Å². The van der Waals surface area contributed by atoms with E-state index in [1.807, 2.05) is 0 Å². The molecule has 1 atom stereocenters. The van der Waals surface area contributed by atoms with Crippen molar-refractivity contribution in [3.05, 3.63) is 33.8 Å². The smallest absolute Gasteiger partial charge is 0.0354 e. The van der Waals surface area contributed by atoms with Crippen molar-refractivity contribution in [2.75, 3.05) is 13.1 Å². The van der Waals surface area contributed by atoms with Gasteiger partial charge in [0.25, 0.3) is 0 Å². The van der Waals surface area contributed by atoms with Gasteiger partial charge in [-0.2, -0.15) is 0 Å². The van der Waals surface area contributed by atoms with E-state index in [9.17, 15) is 0 Å². The van der Waals surface area contributed by atoms with Gasteiger partial charge in [-0.25, -0.2) is 0 Å². The van der Waals surface area contributed by atoms with Crippen LogP contribution in [-0.2, 0) is 6.42 Å². The Bertz CT molecular complexity index is 357. The van der Waals surface area contributed by atoms with Gasteiger partial charge in [0.2, 0.25) is 0 Å². The molecule has 1 saturated heterocycles. The molecule has 74 valence electrons. The molecule has 1 fully saturated rings. The monoisotopic (exact) mass is 251 g/mol. The average molecular weight is 252 g/mol. The first-order valence-corrected chi connectivity index (χ1v) is 6.16. The summed E-state index contributed by atoms with van der Waals surface area (Å²) in [4.78, 5) is 2.61. The lowest BCUT2D eigenvalue weighted by Crippen LogP contribution is -2.39. The summed E-state index contributed by atoms with van der Waals surface area (Å²) in [6.45, 7) is 2.60. The summed E-state index contributed by atoms with van der Waals surface area (Å²) in [7, 11) is 0. The molecule has 0 amide bonds. The molecule has 0 aromatic heterocycles. The molecule has 1 unspecified atom stereocenters. The van der Waals surface area contributed by atoms with Crippen molar-refractivity contribution in [1.29, 1.82) is 0 Å². The highest BCUT2D eigenvalue weighted by molar-refractivity contribution is 9.10. The largest absolute Gasteiger partial charge is 0.296 e. The van der Waals surface area contributed by atoms with Crippen LogP contribution < -0.4 is 0 Å². The minimum Gasteiger partial charge on any atom is -0.296 e. The third-order valence-corrected chi connectivity index (χ3v) is 3.98. The number of fused-ring (bicyclic) bond motifs is 1. The van der Waals surface area contributed by atoms with Crippen molar-refractivity contribution in [3.8, 4) is 0 Å². The van der Waals surface area contributed by atoms with Crippen molar-refractivity contribution >= 4 is 15.9 Å². The highest BCUT2D eigenvalue weighted by atomic mass is 79.9. The van der Waals surface area contributed by atoms with Crippen molar-refractivity contribution < 1.29 is 0 Å². The molecule has 1 heterocycles. The fourth-order valence-corrected chi connectivity index (χ4v) is 2.96. The zero-order valence-electron chi connectivity index (χ0n) is 8.17. The summed E-state index contributed by atoms with van der Waals surface area (Å²) < 4.78 is 1.23. The molecule has 1 aromatic carbocycles. The maximum atomic E-state index is 3.56. The molecule has 0 bridgehead atoms. The van der Waals surface area contributed by atoms with Gasteiger partial charge in [0.15, 0.2) is 0 Å². The van der Waals surface area contributed by atoms with Gasteiger partial charge in [-0.1, -0.05) is 22.0 Å². The van der Waals surface area contributed by atoms with Crippen molar-refractivity contribution in [3.63, 3.8) is 0 Å². The lowest BCUT2D eigenvalue weighted by atomic mass is 10.0. The van der Waals surface area contributed by atoms with Crippen LogP contribution in [0.15, 0.2) is 22.7 Å². The van der Waals surface area contributed by atoms with Crippen LogP contribution >= 0.6 is 15.9 Å². The zero-order chi connectivity index (χ0) is 9.54. The second kappa shape index (κ2) is 3.35. The highest BCUT2D eigenvalue weighted by Gasteiger charge is 2.30. The van der Waals surface area contributed by atoms with Crippen molar-refractivity contribution in [1.82, 2.24) is 4.90 Å². The van der Waals surface area contributed by atoms with E-state index in [-0.39, 0.29) is 0 Å². The second-order valence-electron chi connectivity index (χ2n) is 4.29. The summed E-state index contributed by atoms with van der Waals surface area (Å²) in [6, 6.07) is 7.47. The lowest BCUT2D eigenvalue weighted by molar-refractivity contribution is 0.118. The molecular weight excluding hydrogens is 238 g/mol. The number of halogens is 1. The summed E-state index contributed by atoms with van der Waals surface area (Å²) in [5.74, 6) is 0. The van der Waals surface area contributed by atoms with Gasteiger partial charge in [-0.3, -0.25) is 4.90 Å². The second-order valence-corrected chi connectivity index (χ2v) is 5.20. The molecule has 1 aliphatic heterocycles. The van der Waals surface area contributed by atoms with Crippen LogP contribution in [0.5, 0.6) is 0 Å². The van der Waals surface area contributed by atoms with Gasteiger partial charge in [0.1, 0.15) is 0 Å². The Morgan fingerprint density at radius 2 is 2.14 bits per heavy atom. The van der Waals surface area contributed by atoms with Crippen LogP contribution in [0.4, 0.5) is 0 Å². The Balaban J connectivity index is 1.95. The minimum atomic E-state index is 0.719. The lowest BCUT2D eigenvalue weighted by Gasteiger charge is -2.36. The Labute approximate surface area is 93.2 Å². The number of rotatable bonds is 1. The summed E-state index contributed by atoms with van der Waals surface area (Å²) >= 11 is 3.56. The fourth-order valence-electron chi connectivity index (χ4n) is 2.58. The van der Waals surface area contributed by atoms with E-state index in [0.717, 1.165) is 6.04 Å².